The second kappa shape index (κ2) is 6.18. The fraction of sp³-hybridized carbons (Fsp3) is 0. The Morgan fingerprint density at radius 3 is 2.36 bits per heavy atom. The number of nitrogens with zero attached hydrogens (tertiary/aromatic N) is 2. The molecule has 2 rings (SSSR count). The van der Waals surface area contributed by atoms with Crippen molar-refractivity contribution in [1.82, 2.24) is 0 Å². The first-order chi connectivity index (χ1) is 10.4. The number of nitro groups is 1. The van der Waals surface area contributed by atoms with E-state index in [1.54, 1.807) is 30.3 Å². The number of isocyanates is 1. The van der Waals surface area contributed by atoms with Crippen LogP contribution in [0.3, 0.4) is 0 Å². The highest BCUT2D eigenvalue weighted by atomic mass is 79.9. The van der Waals surface area contributed by atoms with Crippen molar-refractivity contribution in [3.63, 3.8) is 0 Å². The lowest BCUT2D eigenvalue weighted by Gasteiger charge is -2.09. The van der Waals surface area contributed by atoms with Crippen molar-refractivity contribution in [3.8, 4) is 11.1 Å². The minimum Gasteiger partial charge on any atom is -0.258 e. The molecule has 0 bridgehead atoms. The van der Waals surface area contributed by atoms with Crippen LogP contribution >= 0.6 is 15.9 Å². The minimum atomic E-state index is -4.33. The fourth-order valence-electron chi connectivity index (χ4n) is 1.87. The van der Waals surface area contributed by atoms with E-state index in [1.807, 2.05) is 0 Å². The van der Waals surface area contributed by atoms with E-state index >= 15 is 0 Å². The monoisotopic (exact) mass is 382 g/mol. The molecule has 0 saturated heterocycles. The predicted molar refractivity (Wildman–Crippen MR) is 81.5 cm³/mol. The third-order valence-corrected chi connectivity index (χ3v) is 4.90. The number of carbonyl (C=O) groups excluding carboxylic acids is 1. The van der Waals surface area contributed by atoms with Crippen LogP contribution in [-0.4, -0.2) is 19.4 Å². The predicted octanol–water partition coefficient (Wildman–Crippen LogP) is 3.05. The molecule has 0 radical (unpaired) electrons. The number of halogens is 1. The maximum Gasteiger partial charge on any atom is 0.294 e. The lowest BCUT2D eigenvalue weighted by Crippen LogP contribution is -2.02. The van der Waals surface area contributed by atoms with Gasteiger partial charge in [-0.1, -0.05) is 34.7 Å². The summed E-state index contributed by atoms with van der Waals surface area (Å²) in [6.07, 6.45) is 0.982. The Morgan fingerprint density at radius 1 is 1.18 bits per heavy atom. The third-order valence-electron chi connectivity index (χ3n) is 2.74. The number of benzene rings is 2. The van der Waals surface area contributed by atoms with E-state index in [-0.39, 0.29) is 20.6 Å². The van der Waals surface area contributed by atoms with Gasteiger partial charge in [-0.3, -0.25) is 10.1 Å². The lowest BCUT2D eigenvalue weighted by atomic mass is 10.1. The molecule has 2 aromatic rings. The van der Waals surface area contributed by atoms with Crippen molar-refractivity contribution in [2.45, 2.75) is 4.90 Å². The van der Waals surface area contributed by atoms with Gasteiger partial charge in [-0.15, -0.1) is 0 Å². The first kappa shape index (κ1) is 16.0. The van der Waals surface area contributed by atoms with Gasteiger partial charge in [0.25, 0.3) is 21.8 Å². The summed E-state index contributed by atoms with van der Waals surface area (Å²) in [5.74, 6) is 0. The van der Waals surface area contributed by atoms with E-state index in [0.717, 1.165) is 18.2 Å². The molecule has 0 unspecified atom stereocenters. The summed E-state index contributed by atoms with van der Waals surface area (Å²) in [5, 5.41) is 11.0. The van der Waals surface area contributed by atoms with E-state index in [9.17, 15) is 23.3 Å². The van der Waals surface area contributed by atoms with Crippen molar-refractivity contribution < 1.29 is 18.1 Å². The Morgan fingerprint density at radius 2 is 1.82 bits per heavy atom. The Balaban J connectivity index is 2.89. The highest BCUT2D eigenvalue weighted by molar-refractivity contribution is 9.10. The topological polar surface area (TPSA) is 107 Å². The van der Waals surface area contributed by atoms with Gasteiger partial charge in [0.15, 0.2) is 0 Å². The SMILES string of the molecule is O=C=NS(=O)(=O)c1c(Br)cc([N+](=O)[O-])cc1-c1ccccc1. The fourth-order valence-corrected chi connectivity index (χ4v) is 3.88. The Hall–Kier alpha value is -2.35. The molecule has 0 fully saturated rings. The van der Waals surface area contributed by atoms with Crippen molar-refractivity contribution in [1.29, 1.82) is 0 Å². The highest BCUT2D eigenvalue weighted by Crippen LogP contribution is 2.37. The van der Waals surface area contributed by atoms with Crippen LogP contribution in [0.5, 0.6) is 0 Å². The lowest BCUT2D eigenvalue weighted by molar-refractivity contribution is -0.384. The van der Waals surface area contributed by atoms with Gasteiger partial charge in [0.2, 0.25) is 0 Å². The van der Waals surface area contributed by atoms with Gasteiger partial charge in [-0.05, 0) is 21.5 Å². The maximum absolute atomic E-state index is 12.1. The first-order valence-electron chi connectivity index (χ1n) is 5.74. The van der Waals surface area contributed by atoms with Crippen LogP contribution < -0.4 is 0 Å². The summed E-state index contributed by atoms with van der Waals surface area (Å²) >= 11 is 3.00. The van der Waals surface area contributed by atoms with Crippen molar-refractivity contribution in [3.05, 3.63) is 57.1 Å². The average Bonchev–Trinajstić information content (AvgIpc) is 2.46. The number of nitro benzene ring substituents is 1. The number of rotatable bonds is 4. The van der Waals surface area contributed by atoms with Gasteiger partial charge in [0.05, 0.1) is 4.92 Å². The Labute approximate surface area is 133 Å². The normalized spacial score (nSPS) is 10.8. The second-order valence-corrected chi connectivity index (χ2v) is 6.48. The van der Waals surface area contributed by atoms with E-state index < -0.39 is 14.9 Å². The molecule has 0 saturated carbocycles. The largest absolute Gasteiger partial charge is 0.294 e. The van der Waals surface area contributed by atoms with Crippen LogP contribution in [0.25, 0.3) is 11.1 Å². The van der Waals surface area contributed by atoms with Gasteiger partial charge in [-0.2, -0.15) is 8.42 Å². The van der Waals surface area contributed by atoms with Crippen LogP contribution in [0.2, 0.25) is 0 Å². The van der Waals surface area contributed by atoms with Gasteiger partial charge >= 0.3 is 0 Å². The van der Waals surface area contributed by atoms with E-state index in [4.69, 9.17) is 0 Å². The molecule has 2 aromatic carbocycles. The Bertz CT molecular complexity index is 890. The smallest absolute Gasteiger partial charge is 0.258 e. The molecule has 0 aliphatic carbocycles. The van der Waals surface area contributed by atoms with Crippen LogP contribution in [0, 0.1) is 10.1 Å². The van der Waals surface area contributed by atoms with E-state index in [0.29, 0.717) is 5.56 Å². The maximum atomic E-state index is 12.1. The third kappa shape index (κ3) is 3.11. The molecule has 112 valence electrons. The summed E-state index contributed by atoms with van der Waals surface area (Å²) < 4.78 is 27.0. The number of sulfonamides is 1. The summed E-state index contributed by atoms with van der Waals surface area (Å²) in [7, 11) is -4.33. The van der Waals surface area contributed by atoms with Gasteiger partial charge < -0.3 is 0 Å². The minimum absolute atomic E-state index is 0.0560. The molecule has 0 atom stereocenters. The number of non-ortho nitro benzene ring substituents is 1. The molecule has 22 heavy (non-hydrogen) atoms. The van der Waals surface area contributed by atoms with Gasteiger partial charge in [-0.25, -0.2) is 4.79 Å². The van der Waals surface area contributed by atoms with E-state index in [1.165, 1.54) is 0 Å². The van der Waals surface area contributed by atoms with Crippen LogP contribution in [-0.2, 0) is 14.8 Å². The zero-order chi connectivity index (χ0) is 16.3. The molecular weight excluding hydrogens is 376 g/mol. The van der Waals surface area contributed by atoms with Crippen LogP contribution in [0.15, 0.2) is 56.2 Å². The molecule has 0 spiro atoms. The highest BCUT2D eigenvalue weighted by Gasteiger charge is 2.26. The first-order valence-corrected chi connectivity index (χ1v) is 7.97. The molecule has 9 heteroatoms. The van der Waals surface area contributed by atoms with Crippen molar-refractivity contribution in [2.24, 2.45) is 4.40 Å². The summed E-state index contributed by atoms with van der Waals surface area (Å²) in [5.41, 5.74) is 0.215. The van der Waals surface area contributed by atoms with Gasteiger partial charge in [0, 0.05) is 22.2 Å². The second-order valence-electron chi connectivity index (χ2n) is 4.09. The molecule has 7 nitrogen and oxygen atoms in total. The van der Waals surface area contributed by atoms with Crippen LogP contribution in [0.4, 0.5) is 5.69 Å². The summed E-state index contributed by atoms with van der Waals surface area (Å²) in [4.78, 5) is 20.3. The molecule has 0 aliphatic rings. The molecule has 0 heterocycles. The van der Waals surface area contributed by atoms with Crippen molar-refractivity contribution in [2.75, 3.05) is 0 Å². The number of hydrogen-bond acceptors (Lipinski definition) is 5. The summed E-state index contributed by atoms with van der Waals surface area (Å²) in [6.45, 7) is 0. The van der Waals surface area contributed by atoms with E-state index in [2.05, 4.69) is 20.3 Å². The number of hydrogen-bond donors (Lipinski definition) is 0. The molecule has 0 aromatic heterocycles. The van der Waals surface area contributed by atoms with Crippen molar-refractivity contribution >= 4 is 37.7 Å². The zero-order valence-corrected chi connectivity index (χ0v) is 13.2. The average molecular weight is 383 g/mol. The molecule has 0 aliphatic heterocycles. The molecular formula is C13H7BrN2O5S. The van der Waals surface area contributed by atoms with Crippen LogP contribution in [0.1, 0.15) is 0 Å². The van der Waals surface area contributed by atoms with Gasteiger partial charge in [0.1, 0.15) is 4.90 Å². The summed E-state index contributed by atoms with van der Waals surface area (Å²) in [6, 6.07) is 10.4. The quantitative estimate of drug-likeness (QED) is 0.349. The molecule has 0 N–H and O–H groups in total. The zero-order valence-electron chi connectivity index (χ0n) is 10.8. The molecule has 0 amide bonds. The standard InChI is InChI=1S/C13H7BrN2O5S/c14-12-7-10(16(18)19)6-11(9-4-2-1-3-5-9)13(12)22(20,21)15-8-17/h1-7H. The Kier molecular flexibility index (Phi) is 4.51.